The lowest BCUT2D eigenvalue weighted by Gasteiger charge is -2.16. The van der Waals surface area contributed by atoms with Crippen LogP contribution in [0.25, 0.3) is 11.2 Å². The minimum absolute atomic E-state index is 0.141. The second-order valence-electron chi connectivity index (χ2n) is 7.34. The number of hydrogen-bond acceptors (Lipinski definition) is 7. The first-order chi connectivity index (χ1) is 14.6. The topological polar surface area (TPSA) is 105 Å². The first-order valence-electron chi connectivity index (χ1n) is 9.84. The van der Waals surface area contributed by atoms with E-state index >= 15 is 0 Å². The van der Waals surface area contributed by atoms with E-state index in [-0.39, 0.29) is 29.9 Å². The van der Waals surface area contributed by atoms with Gasteiger partial charge in [0.2, 0.25) is 0 Å². The minimum Gasteiger partial charge on any atom is -0.383 e. The van der Waals surface area contributed by atoms with Crippen molar-refractivity contribution in [2.45, 2.75) is 32.5 Å². The van der Waals surface area contributed by atoms with Gasteiger partial charge in [-0.25, -0.2) is 9.78 Å². The van der Waals surface area contributed by atoms with Crippen LogP contribution in [-0.2, 0) is 22.6 Å². The minimum atomic E-state index is -0.217. The lowest BCUT2D eigenvalue weighted by Crippen LogP contribution is -2.33. The zero-order valence-electron chi connectivity index (χ0n) is 17.3. The number of methoxy groups -OCH3 is 2. The summed E-state index contributed by atoms with van der Waals surface area (Å²) in [6.45, 7) is 3.80. The second-order valence-corrected chi connectivity index (χ2v) is 7.34. The van der Waals surface area contributed by atoms with Crippen LogP contribution in [0.4, 0.5) is 0 Å². The molecule has 1 aliphatic heterocycles. The lowest BCUT2D eigenvalue weighted by molar-refractivity contribution is 0.0773. The fourth-order valence-corrected chi connectivity index (χ4v) is 4.00. The van der Waals surface area contributed by atoms with E-state index in [4.69, 9.17) is 14.0 Å². The number of likely N-dealkylation sites (tertiary alicyclic amines) is 1. The van der Waals surface area contributed by atoms with Gasteiger partial charge in [-0.2, -0.15) is 0 Å². The Hall–Kier alpha value is -2.98. The summed E-state index contributed by atoms with van der Waals surface area (Å²) in [4.78, 5) is 32.3. The highest BCUT2D eigenvalue weighted by molar-refractivity contribution is 5.94. The van der Waals surface area contributed by atoms with Crippen LogP contribution in [0, 0.1) is 6.92 Å². The summed E-state index contributed by atoms with van der Waals surface area (Å²) in [6, 6.07) is 3.52. The highest BCUT2D eigenvalue weighted by Gasteiger charge is 2.33. The number of aromatic nitrogens is 4. The third-order valence-electron chi connectivity index (χ3n) is 5.53. The molecule has 1 atom stereocenters. The molecule has 0 saturated carbocycles. The van der Waals surface area contributed by atoms with Gasteiger partial charge >= 0.3 is 5.69 Å². The molecule has 0 bridgehead atoms. The molecule has 1 fully saturated rings. The predicted octanol–water partition coefficient (Wildman–Crippen LogP) is 1.37. The van der Waals surface area contributed by atoms with Gasteiger partial charge < -0.3 is 18.9 Å². The number of pyridine rings is 1. The van der Waals surface area contributed by atoms with E-state index in [1.165, 1.54) is 0 Å². The largest absolute Gasteiger partial charge is 0.383 e. The fraction of sp³-hybridized carbons (Fsp3) is 0.500. The van der Waals surface area contributed by atoms with E-state index in [1.54, 1.807) is 41.4 Å². The Bertz CT molecular complexity index is 1110. The van der Waals surface area contributed by atoms with Crippen LogP contribution in [0.3, 0.4) is 0 Å². The van der Waals surface area contributed by atoms with E-state index in [0.29, 0.717) is 49.6 Å². The summed E-state index contributed by atoms with van der Waals surface area (Å²) in [5.41, 5.74) is 2.16. The quantitative estimate of drug-likeness (QED) is 0.574. The number of amides is 1. The molecule has 10 heteroatoms. The molecule has 0 aliphatic carbocycles. The van der Waals surface area contributed by atoms with Crippen LogP contribution in [0.2, 0.25) is 0 Å². The first-order valence-corrected chi connectivity index (χ1v) is 9.84. The average molecular weight is 415 g/mol. The highest BCUT2D eigenvalue weighted by Crippen LogP contribution is 2.26. The number of fused-ring (bicyclic) bond motifs is 1. The Morgan fingerprint density at radius 2 is 2.17 bits per heavy atom. The number of rotatable bonds is 7. The van der Waals surface area contributed by atoms with Crippen LogP contribution in [0.5, 0.6) is 0 Å². The zero-order chi connectivity index (χ0) is 21.3. The van der Waals surface area contributed by atoms with Gasteiger partial charge in [0.05, 0.1) is 36.9 Å². The number of carbonyl (C=O) groups is 1. The third-order valence-corrected chi connectivity index (χ3v) is 5.53. The standard InChI is InChI=1S/C20H25N5O5/c1-13-15(12-29-3)17(22-30-13)19(26)23-8-6-14(11-23)25-18-16(5-4-7-21-18)24(20(25)27)9-10-28-2/h4-5,7,14H,6,8-12H2,1-3H3/t14-/m1/s1. The molecule has 0 radical (unpaired) electrons. The van der Waals surface area contributed by atoms with E-state index < -0.39 is 0 Å². The van der Waals surface area contributed by atoms with Gasteiger partial charge in [0, 0.05) is 33.5 Å². The number of carbonyl (C=O) groups excluding carboxylic acids is 1. The zero-order valence-corrected chi connectivity index (χ0v) is 17.3. The van der Waals surface area contributed by atoms with E-state index in [9.17, 15) is 9.59 Å². The van der Waals surface area contributed by atoms with Gasteiger partial charge in [0.25, 0.3) is 5.91 Å². The molecular formula is C20H25N5O5. The van der Waals surface area contributed by atoms with Crippen molar-refractivity contribution >= 4 is 17.1 Å². The van der Waals surface area contributed by atoms with Gasteiger partial charge in [-0.05, 0) is 25.5 Å². The normalized spacial score (nSPS) is 16.6. The molecule has 0 aromatic carbocycles. The predicted molar refractivity (Wildman–Crippen MR) is 107 cm³/mol. The molecule has 160 valence electrons. The molecule has 3 aromatic heterocycles. The van der Waals surface area contributed by atoms with Crippen molar-refractivity contribution in [1.29, 1.82) is 0 Å². The summed E-state index contributed by atoms with van der Waals surface area (Å²) in [5.74, 6) is 0.350. The van der Waals surface area contributed by atoms with E-state index in [0.717, 1.165) is 5.52 Å². The van der Waals surface area contributed by atoms with Gasteiger partial charge in [0.15, 0.2) is 11.3 Å². The molecule has 3 aromatic rings. The number of aryl methyl sites for hydroxylation is 1. The van der Waals surface area contributed by atoms with Crippen LogP contribution in [0.15, 0.2) is 27.6 Å². The molecule has 0 N–H and O–H groups in total. The highest BCUT2D eigenvalue weighted by atomic mass is 16.5. The lowest BCUT2D eigenvalue weighted by atomic mass is 10.2. The molecule has 4 heterocycles. The number of nitrogens with zero attached hydrogens (tertiary/aromatic N) is 5. The molecule has 30 heavy (non-hydrogen) atoms. The number of imidazole rings is 1. The third kappa shape index (κ3) is 3.41. The number of ether oxygens (including phenoxy) is 2. The fourth-order valence-electron chi connectivity index (χ4n) is 4.00. The Kier molecular flexibility index (Phi) is 5.69. The molecule has 1 amide bonds. The average Bonchev–Trinajstić information content (AvgIpc) is 3.43. The molecule has 0 unspecified atom stereocenters. The van der Waals surface area contributed by atoms with Crippen molar-refractivity contribution < 1.29 is 18.8 Å². The van der Waals surface area contributed by atoms with Crippen molar-refractivity contribution in [2.24, 2.45) is 0 Å². The van der Waals surface area contributed by atoms with Gasteiger partial charge in [-0.3, -0.25) is 13.9 Å². The summed E-state index contributed by atoms with van der Waals surface area (Å²) in [5, 5.41) is 3.94. The molecule has 10 nitrogen and oxygen atoms in total. The maximum Gasteiger partial charge on any atom is 0.330 e. The Morgan fingerprint density at radius 1 is 1.33 bits per heavy atom. The SMILES string of the molecule is COCCn1c(=O)n([C@@H]2CCN(C(=O)c3noc(C)c3COC)C2)c2ncccc21. The van der Waals surface area contributed by atoms with E-state index in [2.05, 4.69) is 10.1 Å². The van der Waals surface area contributed by atoms with Crippen molar-refractivity contribution in [3.8, 4) is 0 Å². The monoisotopic (exact) mass is 415 g/mol. The van der Waals surface area contributed by atoms with Crippen LogP contribution in [0.1, 0.15) is 34.3 Å². The molecule has 0 spiro atoms. The van der Waals surface area contributed by atoms with Crippen molar-refractivity contribution in [3.05, 3.63) is 45.8 Å². The molecule has 1 saturated heterocycles. The van der Waals surface area contributed by atoms with Crippen molar-refractivity contribution in [1.82, 2.24) is 24.2 Å². The van der Waals surface area contributed by atoms with Crippen molar-refractivity contribution in [2.75, 3.05) is 33.9 Å². The van der Waals surface area contributed by atoms with E-state index in [1.807, 2.05) is 12.1 Å². The first kappa shape index (κ1) is 20.3. The maximum absolute atomic E-state index is 13.2. The maximum atomic E-state index is 13.2. The van der Waals surface area contributed by atoms with Crippen LogP contribution in [-0.4, -0.2) is 64.0 Å². The summed E-state index contributed by atoms with van der Waals surface area (Å²) < 4.78 is 18.9. The second kappa shape index (κ2) is 8.41. The van der Waals surface area contributed by atoms with Crippen LogP contribution < -0.4 is 5.69 Å². The van der Waals surface area contributed by atoms with Gasteiger partial charge in [-0.15, -0.1) is 0 Å². The summed E-state index contributed by atoms with van der Waals surface area (Å²) >= 11 is 0. The smallest absolute Gasteiger partial charge is 0.330 e. The Labute approximate surface area is 173 Å². The van der Waals surface area contributed by atoms with Gasteiger partial charge in [-0.1, -0.05) is 5.16 Å². The summed E-state index contributed by atoms with van der Waals surface area (Å²) in [7, 11) is 3.16. The number of hydrogen-bond donors (Lipinski definition) is 0. The molecule has 4 rings (SSSR count). The van der Waals surface area contributed by atoms with Gasteiger partial charge in [0.1, 0.15) is 5.76 Å². The molecule has 1 aliphatic rings. The Balaban J connectivity index is 1.62. The summed E-state index contributed by atoms with van der Waals surface area (Å²) in [6.07, 6.45) is 2.33. The van der Waals surface area contributed by atoms with Crippen molar-refractivity contribution in [3.63, 3.8) is 0 Å². The van der Waals surface area contributed by atoms with Crippen LogP contribution >= 0.6 is 0 Å². The Morgan fingerprint density at radius 3 is 2.93 bits per heavy atom. The molecular weight excluding hydrogens is 390 g/mol.